The fourth-order valence-electron chi connectivity index (χ4n) is 2.62. The zero-order valence-electron chi connectivity index (χ0n) is 13.4. The Morgan fingerprint density at radius 2 is 1.79 bits per heavy atom. The Bertz CT molecular complexity index is 852. The number of aromatic nitrogens is 3. The van der Waals surface area contributed by atoms with E-state index in [4.69, 9.17) is 9.47 Å². The molecule has 0 bridgehead atoms. The minimum Gasteiger partial charge on any atom is -0.497 e. The van der Waals surface area contributed by atoms with Gasteiger partial charge in [-0.25, -0.2) is 9.67 Å². The number of hydrogen-bond acceptors (Lipinski definition) is 5. The topological polar surface area (TPSA) is 73.0 Å². The fraction of sp³-hybridized carbons (Fsp3) is 0.167. The van der Waals surface area contributed by atoms with Crippen LogP contribution in [-0.2, 0) is 0 Å². The highest BCUT2D eigenvalue weighted by Crippen LogP contribution is 2.30. The Labute approximate surface area is 139 Å². The number of nitriles is 1. The van der Waals surface area contributed by atoms with Crippen LogP contribution in [0.5, 0.6) is 11.5 Å². The molecule has 1 heterocycles. The Balaban J connectivity index is 2.10. The number of benzene rings is 2. The normalized spacial score (nSPS) is 11.5. The lowest BCUT2D eigenvalue weighted by Crippen LogP contribution is -2.13. The Morgan fingerprint density at radius 1 is 1.04 bits per heavy atom. The van der Waals surface area contributed by atoms with Gasteiger partial charge in [0.05, 0.1) is 19.8 Å². The van der Waals surface area contributed by atoms with Gasteiger partial charge in [0.15, 0.2) is 0 Å². The van der Waals surface area contributed by atoms with Crippen LogP contribution in [0, 0.1) is 11.3 Å². The van der Waals surface area contributed by atoms with E-state index in [1.54, 1.807) is 31.3 Å². The SMILES string of the molecule is COc1ccc(C(c2ccc(OC)c([11C]#N)c2)n2cncn2)cc1. The highest BCUT2D eigenvalue weighted by Gasteiger charge is 2.19. The summed E-state index contributed by atoms with van der Waals surface area (Å²) in [6.45, 7) is 0. The Kier molecular flexibility index (Phi) is 4.43. The molecule has 0 aliphatic heterocycles. The van der Waals surface area contributed by atoms with Crippen molar-refractivity contribution in [2.24, 2.45) is 0 Å². The lowest BCUT2D eigenvalue weighted by molar-refractivity contribution is 0.413. The average molecular weight is 319 g/mol. The predicted octanol–water partition coefficient (Wildman–Crippen LogP) is 2.80. The number of hydrogen-bond donors (Lipinski definition) is 0. The third-order valence-electron chi connectivity index (χ3n) is 3.79. The number of rotatable bonds is 5. The van der Waals surface area contributed by atoms with E-state index >= 15 is 0 Å². The van der Waals surface area contributed by atoms with Crippen molar-refractivity contribution < 1.29 is 9.47 Å². The molecule has 24 heavy (non-hydrogen) atoms. The van der Waals surface area contributed by atoms with E-state index in [0.29, 0.717) is 11.3 Å². The van der Waals surface area contributed by atoms with Gasteiger partial charge in [0, 0.05) is 0 Å². The van der Waals surface area contributed by atoms with Crippen LogP contribution in [0.4, 0.5) is 0 Å². The molecule has 1 atom stereocenters. The first-order chi connectivity index (χ1) is 11.8. The first-order valence-electron chi connectivity index (χ1n) is 7.33. The molecule has 6 nitrogen and oxygen atoms in total. The van der Waals surface area contributed by atoms with E-state index in [1.807, 2.05) is 36.4 Å². The smallest absolute Gasteiger partial charge is 0.137 e. The monoisotopic (exact) mass is 319 g/mol. The zero-order valence-corrected chi connectivity index (χ0v) is 13.4. The fourth-order valence-corrected chi connectivity index (χ4v) is 2.62. The summed E-state index contributed by atoms with van der Waals surface area (Å²) >= 11 is 0. The molecule has 3 rings (SSSR count). The molecule has 0 N–H and O–H groups in total. The van der Waals surface area contributed by atoms with Crippen LogP contribution < -0.4 is 9.47 Å². The van der Waals surface area contributed by atoms with Crippen LogP contribution in [0.2, 0.25) is 0 Å². The second-order valence-electron chi connectivity index (χ2n) is 5.12. The van der Waals surface area contributed by atoms with Crippen molar-refractivity contribution in [2.45, 2.75) is 6.04 Å². The van der Waals surface area contributed by atoms with Gasteiger partial charge in [-0.3, -0.25) is 0 Å². The third kappa shape index (κ3) is 2.92. The molecule has 120 valence electrons. The van der Waals surface area contributed by atoms with Crippen LogP contribution in [0.15, 0.2) is 55.1 Å². The van der Waals surface area contributed by atoms with E-state index < -0.39 is 0 Å². The highest BCUT2D eigenvalue weighted by molar-refractivity contribution is 5.48. The molecule has 0 saturated carbocycles. The van der Waals surface area contributed by atoms with Crippen molar-refractivity contribution in [3.63, 3.8) is 0 Å². The lowest BCUT2D eigenvalue weighted by Gasteiger charge is -2.19. The maximum atomic E-state index is 9.34. The van der Waals surface area contributed by atoms with Gasteiger partial charge < -0.3 is 9.47 Å². The van der Waals surface area contributed by atoms with Gasteiger partial charge in [0.1, 0.15) is 36.3 Å². The van der Waals surface area contributed by atoms with Crippen LogP contribution >= 0.6 is 0 Å². The molecule has 0 aliphatic rings. The van der Waals surface area contributed by atoms with E-state index in [2.05, 4.69) is 16.2 Å². The molecule has 0 amide bonds. The number of nitrogens with zero attached hydrogens (tertiary/aromatic N) is 4. The second kappa shape index (κ2) is 6.84. The van der Waals surface area contributed by atoms with Crippen LogP contribution in [0.1, 0.15) is 22.7 Å². The van der Waals surface area contributed by atoms with E-state index in [1.165, 1.54) is 6.33 Å². The predicted molar refractivity (Wildman–Crippen MR) is 88.0 cm³/mol. The highest BCUT2D eigenvalue weighted by atomic mass is 16.5. The largest absolute Gasteiger partial charge is 0.497 e. The maximum Gasteiger partial charge on any atom is 0.137 e. The van der Waals surface area contributed by atoms with Gasteiger partial charge in [-0.2, -0.15) is 10.4 Å². The summed E-state index contributed by atoms with van der Waals surface area (Å²) < 4.78 is 12.2. The quantitative estimate of drug-likeness (QED) is 0.723. The first-order valence-corrected chi connectivity index (χ1v) is 7.33. The lowest BCUT2D eigenvalue weighted by atomic mass is 9.91. The average Bonchev–Trinajstić information content (AvgIpc) is 3.16. The van der Waals surface area contributed by atoms with Gasteiger partial charge in [0.25, 0.3) is 0 Å². The summed E-state index contributed by atoms with van der Waals surface area (Å²) in [6.07, 6.45) is 3.15. The van der Waals surface area contributed by atoms with Crippen LogP contribution in [0.25, 0.3) is 0 Å². The second-order valence-corrected chi connectivity index (χ2v) is 5.12. The molecule has 6 heteroatoms. The summed E-state index contributed by atoms with van der Waals surface area (Å²) in [4.78, 5) is 4.04. The molecule has 0 saturated heterocycles. The molecule has 1 unspecified atom stereocenters. The summed E-state index contributed by atoms with van der Waals surface area (Å²) in [5, 5.41) is 13.6. The van der Waals surface area contributed by atoms with Crippen molar-refractivity contribution >= 4 is 0 Å². The van der Waals surface area contributed by atoms with E-state index in [-0.39, 0.29) is 6.04 Å². The summed E-state index contributed by atoms with van der Waals surface area (Å²) in [5.41, 5.74) is 2.41. The van der Waals surface area contributed by atoms with Gasteiger partial charge in [-0.1, -0.05) is 18.2 Å². The Hall–Kier alpha value is -3.33. The van der Waals surface area contributed by atoms with Crippen molar-refractivity contribution in [1.82, 2.24) is 14.8 Å². The van der Waals surface area contributed by atoms with Gasteiger partial charge in [-0.05, 0) is 35.4 Å². The Morgan fingerprint density at radius 3 is 2.38 bits per heavy atom. The van der Waals surface area contributed by atoms with Gasteiger partial charge in [0.2, 0.25) is 0 Å². The van der Waals surface area contributed by atoms with Crippen LogP contribution in [-0.4, -0.2) is 29.0 Å². The van der Waals surface area contributed by atoms with Crippen molar-refractivity contribution in [3.05, 3.63) is 71.8 Å². The minimum absolute atomic E-state index is 0.198. The van der Waals surface area contributed by atoms with E-state index in [0.717, 1.165) is 16.9 Å². The molecule has 0 spiro atoms. The number of methoxy groups -OCH3 is 2. The number of ether oxygens (including phenoxy) is 2. The van der Waals surface area contributed by atoms with Gasteiger partial charge >= 0.3 is 0 Å². The molecule has 0 aliphatic carbocycles. The summed E-state index contributed by atoms with van der Waals surface area (Å²) in [6, 6.07) is 15.2. The summed E-state index contributed by atoms with van der Waals surface area (Å²) in [5.74, 6) is 1.33. The van der Waals surface area contributed by atoms with Crippen LogP contribution in [0.3, 0.4) is 0 Å². The molecule has 3 aromatic rings. The first kappa shape index (κ1) is 15.6. The molecule has 0 fully saturated rings. The van der Waals surface area contributed by atoms with Crippen molar-refractivity contribution in [3.8, 4) is 17.6 Å². The standard InChI is InChI=1S/C18H16N4O2/c1-23-16-6-3-13(4-7-16)18(22-12-20-11-21-22)14-5-8-17(24-2)15(9-14)10-19/h3-9,11-12,18H,1-2H3/i10-1. The summed E-state index contributed by atoms with van der Waals surface area (Å²) in [7, 11) is 3.18. The molecular formula is C18H16N4O2. The van der Waals surface area contributed by atoms with Crippen molar-refractivity contribution in [2.75, 3.05) is 14.2 Å². The molecular weight excluding hydrogens is 303 g/mol. The minimum atomic E-state index is -0.198. The molecule has 2 aromatic carbocycles. The third-order valence-corrected chi connectivity index (χ3v) is 3.79. The maximum absolute atomic E-state index is 9.34. The van der Waals surface area contributed by atoms with E-state index in [9.17, 15) is 5.26 Å². The molecule has 1 aromatic heterocycles. The van der Waals surface area contributed by atoms with Gasteiger partial charge in [-0.15, -0.1) is 0 Å². The van der Waals surface area contributed by atoms with Crippen molar-refractivity contribution in [1.29, 1.82) is 5.26 Å². The zero-order chi connectivity index (χ0) is 16.9. The molecule has 0 radical (unpaired) electrons.